The van der Waals surface area contributed by atoms with Gasteiger partial charge in [-0.25, -0.2) is 9.97 Å². The maximum absolute atomic E-state index is 12.5. The predicted molar refractivity (Wildman–Crippen MR) is 121 cm³/mol. The van der Waals surface area contributed by atoms with Crippen molar-refractivity contribution in [3.8, 4) is 0 Å². The van der Waals surface area contributed by atoms with Crippen LogP contribution in [0.2, 0.25) is 0 Å². The van der Waals surface area contributed by atoms with E-state index in [4.69, 9.17) is 0 Å². The number of carbonyl (C=O) groups excluding carboxylic acids is 1. The fourth-order valence-electron chi connectivity index (χ4n) is 3.60. The molecule has 0 atom stereocenters. The number of nitrogens with one attached hydrogen (secondary N) is 2. The van der Waals surface area contributed by atoms with Crippen LogP contribution in [0.25, 0.3) is 20.4 Å². The Balaban J connectivity index is 1.22. The summed E-state index contributed by atoms with van der Waals surface area (Å²) < 4.78 is 1.06. The lowest BCUT2D eigenvalue weighted by Crippen LogP contribution is -2.15. The van der Waals surface area contributed by atoms with E-state index in [-0.39, 0.29) is 17.2 Å². The maximum Gasteiger partial charge on any atom is 0.259 e. The van der Waals surface area contributed by atoms with Crippen molar-refractivity contribution in [3.05, 3.63) is 50.4 Å². The summed E-state index contributed by atoms with van der Waals surface area (Å²) >= 11 is 4.53. The van der Waals surface area contributed by atoms with E-state index >= 15 is 0 Å². The second kappa shape index (κ2) is 7.55. The number of aromatic nitrogens is 3. The molecule has 4 aromatic rings. The number of H-pyrrole nitrogens is 1. The minimum Gasteiger partial charge on any atom is -0.309 e. The average molecular weight is 443 g/mol. The van der Waals surface area contributed by atoms with E-state index in [2.05, 4.69) is 26.3 Å². The molecule has 6 nitrogen and oxygen atoms in total. The molecular weight excluding hydrogens is 424 g/mol. The molecule has 29 heavy (non-hydrogen) atoms. The van der Waals surface area contributed by atoms with Crippen molar-refractivity contribution in [2.75, 3.05) is 11.1 Å². The monoisotopic (exact) mass is 442 g/mol. The molecule has 1 amide bonds. The number of amides is 1. The molecule has 3 heterocycles. The van der Waals surface area contributed by atoms with E-state index in [0.29, 0.717) is 16.7 Å². The topological polar surface area (TPSA) is 87.7 Å². The van der Waals surface area contributed by atoms with Crippen LogP contribution in [0.3, 0.4) is 0 Å². The van der Waals surface area contributed by atoms with Crippen molar-refractivity contribution in [3.63, 3.8) is 0 Å². The van der Waals surface area contributed by atoms with Gasteiger partial charge < -0.3 is 10.3 Å². The number of aryl methyl sites for hydroxylation is 3. The highest BCUT2D eigenvalue weighted by Crippen LogP contribution is 2.34. The zero-order valence-electron chi connectivity index (χ0n) is 15.7. The molecule has 0 aliphatic heterocycles. The normalized spacial score (nSPS) is 13.3. The van der Waals surface area contributed by atoms with E-state index < -0.39 is 0 Å². The van der Waals surface area contributed by atoms with E-state index in [0.717, 1.165) is 39.7 Å². The molecule has 0 fully saturated rings. The van der Waals surface area contributed by atoms with Gasteiger partial charge in [0.15, 0.2) is 5.13 Å². The molecule has 9 heteroatoms. The van der Waals surface area contributed by atoms with Crippen molar-refractivity contribution in [2.45, 2.75) is 31.9 Å². The largest absolute Gasteiger partial charge is 0.309 e. The van der Waals surface area contributed by atoms with Gasteiger partial charge in [-0.05, 0) is 49.4 Å². The summed E-state index contributed by atoms with van der Waals surface area (Å²) in [6.07, 6.45) is 3.14. The number of aromatic amines is 1. The summed E-state index contributed by atoms with van der Waals surface area (Å²) in [5.41, 5.74) is 3.19. The van der Waals surface area contributed by atoms with Crippen LogP contribution in [-0.2, 0) is 23.4 Å². The summed E-state index contributed by atoms with van der Waals surface area (Å²) in [6, 6.07) is 6.04. The van der Waals surface area contributed by atoms with Crippen LogP contribution in [0.1, 0.15) is 28.2 Å². The number of hydrogen-bond donors (Lipinski definition) is 2. The number of hydrogen-bond acceptors (Lipinski definition) is 7. The van der Waals surface area contributed by atoms with Gasteiger partial charge in [-0.1, -0.05) is 17.4 Å². The molecule has 1 aliphatic carbocycles. The van der Waals surface area contributed by atoms with E-state index in [1.807, 2.05) is 19.1 Å². The Morgan fingerprint density at radius 1 is 1.28 bits per heavy atom. The number of benzene rings is 1. The molecule has 0 saturated heterocycles. The number of fused-ring (bicyclic) bond motifs is 4. The Kier molecular flexibility index (Phi) is 4.89. The SMILES string of the molecule is Cc1ccc2nc(NC(=O)CSCc3nc4sc5c(c4c(=O)[nH]3)CCC5)sc2c1. The van der Waals surface area contributed by atoms with Gasteiger partial charge in [0.2, 0.25) is 5.91 Å². The first-order chi connectivity index (χ1) is 14.1. The van der Waals surface area contributed by atoms with E-state index in [1.54, 1.807) is 11.3 Å². The van der Waals surface area contributed by atoms with E-state index in [1.165, 1.54) is 39.1 Å². The van der Waals surface area contributed by atoms with Gasteiger partial charge in [-0.2, -0.15) is 0 Å². The zero-order valence-corrected chi connectivity index (χ0v) is 18.2. The third-order valence-electron chi connectivity index (χ3n) is 4.89. The van der Waals surface area contributed by atoms with Crippen molar-refractivity contribution in [1.82, 2.24) is 15.0 Å². The van der Waals surface area contributed by atoms with Gasteiger partial charge >= 0.3 is 0 Å². The van der Waals surface area contributed by atoms with Gasteiger partial charge in [-0.3, -0.25) is 9.59 Å². The predicted octanol–water partition coefficient (Wildman–Crippen LogP) is 4.26. The summed E-state index contributed by atoms with van der Waals surface area (Å²) in [6.45, 7) is 2.04. The van der Waals surface area contributed by atoms with Gasteiger partial charge in [-0.15, -0.1) is 23.1 Å². The molecule has 0 radical (unpaired) electrons. The highest BCUT2D eigenvalue weighted by Gasteiger charge is 2.21. The Morgan fingerprint density at radius 3 is 3.07 bits per heavy atom. The Morgan fingerprint density at radius 2 is 2.17 bits per heavy atom. The highest BCUT2D eigenvalue weighted by molar-refractivity contribution is 7.99. The third-order valence-corrected chi connectivity index (χ3v) is 7.95. The fraction of sp³-hybridized carbons (Fsp3) is 0.300. The molecule has 0 unspecified atom stereocenters. The summed E-state index contributed by atoms with van der Waals surface area (Å²) in [4.78, 5) is 38.8. The van der Waals surface area contributed by atoms with Gasteiger partial charge in [0, 0.05) is 4.88 Å². The molecule has 5 rings (SSSR count). The molecule has 1 aliphatic rings. The summed E-state index contributed by atoms with van der Waals surface area (Å²) in [5.74, 6) is 1.28. The number of carbonyl (C=O) groups is 1. The average Bonchev–Trinajstić information content (AvgIpc) is 3.34. The van der Waals surface area contributed by atoms with Crippen molar-refractivity contribution in [1.29, 1.82) is 0 Å². The quantitative estimate of drug-likeness (QED) is 0.482. The molecule has 0 spiro atoms. The Bertz CT molecular complexity index is 1300. The van der Waals surface area contributed by atoms with Gasteiger partial charge in [0.05, 0.1) is 27.1 Å². The molecule has 0 bridgehead atoms. The van der Waals surface area contributed by atoms with Crippen LogP contribution < -0.4 is 10.9 Å². The maximum atomic E-state index is 12.5. The minimum atomic E-state index is -0.107. The molecule has 1 aromatic carbocycles. The smallest absolute Gasteiger partial charge is 0.259 e. The Hall–Kier alpha value is -2.23. The summed E-state index contributed by atoms with van der Waals surface area (Å²) in [5, 5.41) is 4.23. The zero-order chi connectivity index (χ0) is 20.0. The van der Waals surface area contributed by atoms with Crippen molar-refractivity contribution >= 4 is 65.9 Å². The van der Waals surface area contributed by atoms with Crippen molar-refractivity contribution in [2.24, 2.45) is 0 Å². The van der Waals surface area contributed by atoms with Crippen molar-refractivity contribution < 1.29 is 4.79 Å². The fourth-order valence-corrected chi connectivity index (χ4v) is 6.55. The van der Waals surface area contributed by atoms with Crippen LogP contribution in [0.5, 0.6) is 0 Å². The van der Waals surface area contributed by atoms with Crippen LogP contribution in [0.15, 0.2) is 23.0 Å². The second-order valence-electron chi connectivity index (χ2n) is 7.08. The van der Waals surface area contributed by atoms with E-state index in [9.17, 15) is 9.59 Å². The standard InChI is InChI=1S/C20H18N4O2S3/c1-10-5-6-12-14(7-10)29-20(21-12)24-16(25)9-27-8-15-22-18(26)17-11-3-2-4-13(11)28-19(17)23-15/h5-7H,2-4,8-9H2,1H3,(H,21,24,25)(H,22,23,26). The number of thiophene rings is 1. The van der Waals surface area contributed by atoms with Crippen LogP contribution in [0, 0.1) is 6.92 Å². The number of anilines is 1. The molecule has 3 aromatic heterocycles. The number of thiazole rings is 1. The van der Waals surface area contributed by atoms with Crippen LogP contribution in [0.4, 0.5) is 5.13 Å². The lowest BCUT2D eigenvalue weighted by molar-refractivity contribution is -0.113. The van der Waals surface area contributed by atoms with Crippen LogP contribution in [-0.4, -0.2) is 26.6 Å². The first-order valence-corrected chi connectivity index (χ1v) is 12.1. The van der Waals surface area contributed by atoms with Crippen LogP contribution >= 0.6 is 34.4 Å². The Labute approximate surface area is 178 Å². The summed E-state index contributed by atoms with van der Waals surface area (Å²) in [7, 11) is 0. The number of rotatable bonds is 5. The third kappa shape index (κ3) is 3.70. The van der Waals surface area contributed by atoms with Gasteiger partial charge in [0.25, 0.3) is 5.56 Å². The lowest BCUT2D eigenvalue weighted by Gasteiger charge is -2.03. The molecular formula is C20H18N4O2S3. The number of nitrogens with zero attached hydrogens (tertiary/aromatic N) is 2. The second-order valence-corrected chi connectivity index (χ2v) is 10.2. The molecule has 148 valence electrons. The minimum absolute atomic E-state index is 0.0563. The molecule has 2 N–H and O–H groups in total. The first-order valence-electron chi connectivity index (χ1n) is 9.35. The lowest BCUT2D eigenvalue weighted by atomic mass is 10.2. The van der Waals surface area contributed by atoms with Gasteiger partial charge in [0.1, 0.15) is 10.7 Å². The molecule has 0 saturated carbocycles. The first kappa shape index (κ1) is 18.8. The highest BCUT2D eigenvalue weighted by atomic mass is 32.2. The number of thioether (sulfide) groups is 1.